The third-order valence-electron chi connectivity index (χ3n) is 0. The normalized spacial score (nSPS) is 0. The number of rotatable bonds is 0. The van der Waals surface area contributed by atoms with Crippen molar-refractivity contribution in [3.63, 3.8) is 0 Å². The van der Waals surface area contributed by atoms with Gasteiger partial charge in [-0.1, -0.05) is 0 Å². The second-order valence-corrected chi connectivity index (χ2v) is 0. The molecule has 0 heterocycles. The summed E-state index contributed by atoms with van der Waals surface area (Å²) in [5, 5.41) is 0. The minimum absolute atomic E-state index is 0. The van der Waals surface area contributed by atoms with E-state index >= 15 is 0 Å². The molecular formula is CeNi3. The summed E-state index contributed by atoms with van der Waals surface area (Å²) < 4.78 is 0. The van der Waals surface area contributed by atoms with Crippen molar-refractivity contribution < 1.29 is 91.2 Å². The van der Waals surface area contributed by atoms with Crippen molar-refractivity contribution in [3.05, 3.63) is 0 Å². The fourth-order valence-corrected chi connectivity index (χ4v) is 0. The molecule has 0 N–H and O–H groups in total. The molecule has 0 nitrogen and oxygen atoms in total. The molecule has 0 atom stereocenters. The maximum Gasteiger partial charge on any atom is 0 e. The van der Waals surface area contributed by atoms with Crippen LogP contribution in [0.15, 0.2) is 0 Å². The zero-order valence-electron chi connectivity index (χ0n) is 1.45. The minimum atomic E-state index is 0. The monoisotopic (exact) mass is 314 g/mol. The molecule has 0 fully saturated rings. The zero-order valence-corrected chi connectivity index (χ0v) is 7.55. The topological polar surface area (TPSA) is 0 Å². The van der Waals surface area contributed by atoms with Gasteiger partial charge in [0.1, 0.15) is 0 Å². The zero-order chi connectivity index (χ0) is 0. The Balaban J connectivity index is 0. The van der Waals surface area contributed by atoms with Crippen LogP contribution in [0.1, 0.15) is 0 Å². The molecule has 0 aromatic carbocycles. The van der Waals surface area contributed by atoms with E-state index in [1.165, 1.54) is 0 Å². The van der Waals surface area contributed by atoms with Gasteiger partial charge in [0, 0.05) is 91.2 Å². The van der Waals surface area contributed by atoms with Crippen LogP contribution in [-0.2, 0) is 49.5 Å². The molecule has 0 radical (unpaired) electrons. The molecule has 0 bridgehead atoms. The Hall–Kier alpha value is 2.86. The van der Waals surface area contributed by atoms with Gasteiger partial charge in [-0.25, -0.2) is 0 Å². The SMILES string of the molecule is [Ce].[Ni].[Ni].[Ni]. The molecule has 0 saturated carbocycles. The van der Waals surface area contributed by atoms with E-state index in [9.17, 15) is 0 Å². The fourth-order valence-electron chi connectivity index (χ4n) is 0. The van der Waals surface area contributed by atoms with E-state index in [0.717, 1.165) is 0 Å². The van der Waals surface area contributed by atoms with E-state index in [1.54, 1.807) is 0 Å². The standard InChI is InChI=1S/Ce.3Ni. The summed E-state index contributed by atoms with van der Waals surface area (Å²) in [6, 6.07) is 0. The Bertz CT molecular complexity index is 3.25. The third-order valence-corrected chi connectivity index (χ3v) is 0. The molecule has 0 spiro atoms. The second-order valence-electron chi connectivity index (χ2n) is 0. The van der Waals surface area contributed by atoms with Gasteiger partial charge in [-0.2, -0.15) is 0 Å². The van der Waals surface area contributed by atoms with Crippen molar-refractivity contribution in [2.75, 3.05) is 0 Å². The molecule has 0 aliphatic heterocycles. The van der Waals surface area contributed by atoms with E-state index < -0.39 is 0 Å². The largest absolute Gasteiger partial charge is 0 e. The molecule has 0 aromatic heterocycles. The first-order valence-corrected chi connectivity index (χ1v) is 0. The van der Waals surface area contributed by atoms with Crippen LogP contribution in [0, 0.1) is 41.7 Å². The summed E-state index contributed by atoms with van der Waals surface area (Å²) in [6.07, 6.45) is 0. The molecule has 0 unspecified atom stereocenters. The van der Waals surface area contributed by atoms with E-state index in [4.69, 9.17) is 0 Å². The average Bonchev–Trinajstić information content (AvgIpc) is 0. The second kappa shape index (κ2) is 16.9. The average molecular weight is 316 g/mol. The Labute approximate surface area is 89.4 Å². The maximum absolute atomic E-state index is 0. The van der Waals surface area contributed by atoms with Crippen LogP contribution < -0.4 is 0 Å². The molecule has 4 heteroatoms. The van der Waals surface area contributed by atoms with Crippen molar-refractivity contribution in [1.29, 1.82) is 0 Å². The Morgan fingerprint density at radius 3 is 0.500 bits per heavy atom. The van der Waals surface area contributed by atoms with E-state index in [2.05, 4.69) is 0 Å². The van der Waals surface area contributed by atoms with Crippen molar-refractivity contribution >= 4 is 0 Å². The molecule has 0 aliphatic rings. The molecule has 0 amide bonds. The fraction of sp³-hybridized carbons (Fsp3) is 0. The quantitative estimate of drug-likeness (QED) is 0.552. The van der Waals surface area contributed by atoms with E-state index in [1.807, 2.05) is 0 Å². The Morgan fingerprint density at radius 1 is 0.500 bits per heavy atom. The summed E-state index contributed by atoms with van der Waals surface area (Å²) in [5.41, 5.74) is 0. The summed E-state index contributed by atoms with van der Waals surface area (Å²) >= 11 is 0. The van der Waals surface area contributed by atoms with Gasteiger partial charge in [0.2, 0.25) is 0 Å². The van der Waals surface area contributed by atoms with Crippen molar-refractivity contribution in [2.45, 2.75) is 0 Å². The first kappa shape index (κ1) is 28.8. The van der Waals surface area contributed by atoms with Crippen molar-refractivity contribution in [2.24, 2.45) is 0 Å². The summed E-state index contributed by atoms with van der Waals surface area (Å²) in [7, 11) is 0. The van der Waals surface area contributed by atoms with Gasteiger partial charge in [-0.05, 0) is 0 Å². The molecule has 0 saturated heterocycles. The molecule has 0 aromatic rings. The van der Waals surface area contributed by atoms with Gasteiger partial charge < -0.3 is 0 Å². The first-order valence-electron chi connectivity index (χ1n) is 0. The molecule has 34 valence electrons. The van der Waals surface area contributed by atoms with Crippen LogP contribution >= 0.6 is 0 Å². The van der Waals surface area contributed by atoms with Gasteiger partial charge in [0.25, 0.3) is 0 Å². The molecule has 0 aliphatic carbocycles. The molecule has 0 rings (SSSR count). The number of hydrogen-bond acceptors (Lipinski definition) is 0. The van der Waals surface area contributed by atoms with Gasteiger partial charge in [0.05, 0.1) is 0 Å². The van der Waals surface area contributed by atoms with Crippen LogP contribution in [0.4, 0.5) is 0 Å². The van der Waals surface area contributed by atoms with Gasteiger partial charge in [-0.3, -0.25) is 0 Å². The molecule has 4 heavy (non-hydrogen) atoms. The van der Waals surface area contributed by atoms with Gasteiger partial charge in [-0.15, -0.1) is 0 Å². The molecular weight excluding hydrogens is 316 g/mol. The maximum atomic E-state index is 0. The predicted molar refractivity (Wildman–Crippen MR) is 0 cm³/mol. The van der Waals surface area contributed by atoms with Crippen LogP contribution in [0.2, 0.25) is 0 Å². The van der Waals surface area contributed by atoms with Crippen LogP contribution in [0.25, 0.3) is 0 Å². The van der Waals surface area contributed by atoms with Crippen LogP contribution in [0.3, 0.4) is 0 Å². The summed E-state index contributed by atoms with van der Waals surface area (Å²) in [6.45, 7) is 0. The van der Waals surface area contributed by atoms with E-state index in [0.29, 0.717) is 0 Å². The van der Waals surface area contributed by atoms with Crippen molar-refractivity contribution in [1.82, 2.24) is 0 Å². The smallest absolute Gasteiger partial charge is 0 e. The van der Waals surface area contributed by atoms with Gasteiger partial charge in [0.15, 0.2) is 0 Å². The summed E-state index contributed by atoms with van der Waals surface area (Å²) in [4.78, 5) is 0. The predicted octanol–water partition coefficient (Wildman–Crippen LogP) is -0.00750. The Kier molecular flexibility index (Phi) is 122. The first-order chi connectivity index (χ1) is 0. The summed E-state index contributed by atoms with van der Waals surface area (Å²) in [5.74, 6) is 0. The van der Waals surface area contributed by atoms with E-state index in [-0.39, 0.29) is 91.2 Å². The minimum Gasteiger partial charge on any atom is 0 e. The number of hydrogen-bond donors (Lipinski definition) is 0. The van der Waals surface area contributed by atoms with Crippen LogP contribution in [0.5, 0.6) is 0 Å². The Morgan fingerprint density at radius 2 is 0.500 bits per heavy atom. The third kappa shape index (κ3) is 8.85. The van der Waals surface area contributed by atoms with Gasteiger partial charge >= 0.3 is 0 Å². The van der Waals surface area contributed by atoms with Crippen molar-refractivity contribution in [3.8, 4) is 0 Å². The van der Waals surface area contributed by atoms with Crippen LogP contribution in [-0.4, -0.2) is 0 Å².